The fourth-order valence-electron chi connectivity index (χ4n) is 1.91. The number of hydrogen-bond acceptors (Lipinski definition) is 4. The van der Waals surface area contributed by atoms with Crippen molar-refractivity contribution < 1.29 is 0 Å². The summed E-state index contributed by atoms with van der Waals surface area (Å²) < 4.78 is 1.81. The van der Waals surface area contributed by atoms with Crippen LogP contribution in [-0.2, 0) is 0 Å². The van der Waals surface area contributed by atoms with Crippen LogP contribution in [0.2, 0.25) is 0 Å². The molecule has 0 saturated carbocycles. The van der Waals surface area contributed by atoms with Crippen LogP contribution in [0.3, 0.4) is 0 Å². The van der Waals surface area contributed by atoms with Crippen molar-refractivity contribution in [3.63, 3.8) is 0 Å². The van der Waals surface area contributed by atoms with Crippen LogP contribution < -0.4 is 5.32 Å². The standard InChI is InChI=1S/C12H19N5/c1-9-6-5-7-17-11(9)14-12(15-17)13-10(2)8-16(3)4/h5-7,10H,8H2,1-4H3,(H,13,15). The normalized spacial score (nSPS) is 13.2. The summed E-state index contributed by atoms with van der Waals surface area (Å²) in [6, 6.07) is 4.34. The van der Waals surface area contributed by atoms with Crippen LogP contribution in [0, 0.1) is 6.92 Å². The molecule has 1 unspecified atom stereocenters. The van der Waals surface area contributed by atoms with Gasteiger partial charge in [-0.25, -0.2) is 4.52 Å². The first-order valence-corrected chi connectivity index (χ1v) is 5.79. The lowest BCUT2D eigenvalue weighted by molar-refractivity contribution is 0.391. The quantitative estimate of drug-likeness (QED) is 0.867. The SMILES string of the molecule is Cc1cccn2nc(NC(C)CN(C)C)nc12. The molecule has 0 aliphatic rings. The molecule has 5 heteroatoms. The lowest BCUT2D eigenvalue weighted by atomic mass is 10.3. The number of anilines is 1. The maximum absolute atomic E-state index is 4.48. The largest absolute Gasteiger partial charge is 0.349 e. The minimum absolute atomic E-state index is 0.322. The third kappa shape index (κ3) is 2.74. The molecule has 5 nitrogen and oxygen atoms in total. The Morgan fingerprint density at radius 3 is 2.88 bits per heavy atom. The number of nitrogens with zero attached hydrogens (tertiary/aromatic N) is 4. The first-order chi connectivity index (χ1) is 8.06. The van der Waals surface area contributed by atoms with E-state index >= 15 is 0 Å². The van der Waals surface area contributed by atoms with Gasteiger partial charge in [0.1, 0.15) is 0 Å². The van der Waals surface area contributed by atoms with Gasteiger partial charge in [-0.05, 0) is 39.6 Å². The van der Waals surface area contributed by atoms with Gasteiger partial charge < -0.3 is 10.2 Å². The summed E-state index contributed by atoms with van der Waals surface area (Å²) in [5, 5.41) is 7.70. The van der Waals surface area contributed by atoms with E-state index in [1.165, 1.54) is 0 Å². The van der Waals surface area contributed by atoms with Crippen LogP contribution in [-0.4, -0.2) is 46.2 Å². The van der Waals surface area contributed by atoms with E-state index in [1.54, 1.807) is 4.52 Å². The van der Waals surface area contributed by atoms with Gasteiger partial charge in [-0.2, -0.15) is 4.98 Å². The van der Waals surface area contributed by atoms with Crippen molar-refractivity contribution >= 4 is 11.6 Å². The van der Waals surface area contributed by atoms with Gasteiger partial charge >= 0.3 is 0 Å². The molecular formula is C12H19N5. The molecule has 1 N–H and O–H groups in total. The monoisotopic (exact) mass is 233 g/mol. The third-order valence-electron chi connectivity index (χ3n) is 2.57. The Hall–Kier alpha value is -1.62. The highest BCUT2D eigenvalue weighted by molar-refractivity contribution is 5.49. The van der Waals surface area contributed by atoms with Crippen molar-refractivity contribution in [1.29, 1.82) is 0 Å². The van der Waals surface area contributed by atoms with E-state index in [-0.39, 0.29) is 0 Å². The summed E-state index contributed by atoms with van der Waals surface area (Å²) in [6.45, 7) is 5.12. The second kappa shape index (κ2) is 4.71. The number of aromatic nitrogens is 3. The topological polar surface area (TPSA) is 45.5 Å². The molecule has 0 bridgehead atoms. The third-order valence-corrected chi connectivity index (χ3v) is 2.57. The zero-order chi connectivity index (χ0) is 12.4. The highest BCUT2D eigenvalue weighted by Crippen LogP contribution is 2.10. The van der Waals surface area contributed by atoms with Gasteiger partial charge in [0, 0.05) is 18.8 Å². The number of nitrogens with one attached hydrogen (secondary N) is 1. The molecule has 17 heavy (non-hydrogen) atoms. The van der Waals surface area contributed by atoms with Crippen LogP contribution >= 0.6 is 0 Å². The Kier molecular flexibility index (Phi) is 3.28. The molecule has 0 saturated heterocycles. The summed E-state index contributed by atoms with van der Waals surface area (Å²) >= 11 is 0. The smallest absolute Gasteiger partial charge is 0.243 e. The first-order valence-electron chi connectivity index (χ1n) is 5.79. The van der Waals surface area contributed by atoms with Gasteiger partial charge in [0.25, 0.3) is 0 Å². The van der Waals surface area contributed by atoms with E-state index < -0.39 is 0 Å². The minimum atomic E-state index is 0.322. The van der Waals surface area contributed by atoms with E-state index in [2.05, 4.69) is 41.3 Å². The van der Waals surface area contributed by atoms with Crippen molar-refractivity contribution in [2.24, 2.45) is 0 Å². The maximum atomic E-state index is 4.48. The molecular weight excluding hydrogens is 214 g/mol. The van der Waals surface area contributed by atoms with Crippen molar-refractivity contribution in [3.8, 4) is 0 Å². The first kappa shape index (κ1) is 11.9. The van der Waals surface area contributed by atoms with Crippen molar-refractivity contribution in [2.75, 3.05) is 26.0 Å². The predicted octanol–water partition coefficient (Wildman–Crippen LogP) is 1.40. The lowest BCUT2D eigenvalue weighted by Crippen LogP contribution is -2.30. The zero-order valence-corrected chi connectivity index (χ0v) is 10.8. The second-order valence-corrected chi connectivity index (χ2v) is 4.70. The highest BCUT2D eigenvalue weighted by atomic mass is 15.3. The van der Waals surface area contributed by atoms with Crippen LogP contribution in [0.15, 0.2) is 18.3 Å². The number of pyridine rings is 1. The summed E-state index contributed by atoms with van der Waals surface area (Å²) in [5.74, 6) is 0.689. The molecule has 2 aromatic rings. The summed E-state index contributed by atoms with van der Waals surface area (Å²) in [5.41, 5.74) is 2.04. The van der Waals surface area contributed by atoms with Crippen LogP contribution in [0.5, 0.6) is 0 Å². The fourth-order valence-corrected chi connectivity index (χ4v) is 1.91. The average molecular weight is 233 g/mol. The van der Waals surface area contributed by atoms with Gasteiger partial charge in [-0.3, -0.25) is 0 Å². The van der Waals surface area contributed by atoms with E-state index in [4.69, 9.17) is 0 Å². The number of hydrogen-bond donors (Lipinski definition) is 1. The number of rotatable bonds is 4. The van der Waals surface area contributed by atoms with Gasteiger partial charge in [-0.1, -0.05) is 6.07 Å². The zero-order valence-electron chi connectivity index (χ0n) is 10.8. The Morgan fingerprint density at radius 2 is 2.24 bits per heavy atom. The molecule has 0 amide bonds. The van der Waals surface area contributed by atoms with Crippen molar-refractivity contribution in [2.45, 2.75) is 19.9 Å². The number of aryl methyl sites for hydroxylation is 1. The summed E-state index contributed by atoms with van der Waals surface area (Å²) in [7, 11) is 4.11. The van der Waals surface area contributed by atoms with Crippen LogP contribution in [0.4, 0.5) is 5.95 Å². The molecule has 0 spiro atoms. The summed E-state index contributed by atoms with van der Waals surface area (Å²) in [6.07, 6.45) is 1.91. The molecule has 0 aliphatic heterocycles. The number of likely N-dealkylation sites (N-methyl/N-ethyl adjacent to an activating group) is 1. The Morgan fingerprint density at radius 1 is 1.47 bits per heavy atom. The minimum Gasteiger partial charge on any atom is -0.349 e. The van der Waals surface area contributed by atoms with E-state index in [0.717, 1.165) is 17.8 Å². The molecule has 2 aromatic heterocycles. The van der Waals surface area contributed by atoms with Crippen LogP contribution in [0.25, 0.3) is 5.65 Å². The van der Waals surface area contributed by atoms with Gasteiger partial charge in [-0.15, -0.1) is 5.10 Å². The fraction of sp³-hybridized carbons (Fsp3) is 0.500. The maximum Gasteiger partial charge on any atom is 0.243 e. The second-order valence-electron chi connectivity index (χ2n) is 4.70. The van der Waals surface area contributed by atoms with E-state index in [9.17, 15) is 0 Å². The van der Waals surface area contributed by atoms with E-state index in [0.29, 0.717) is 12.0 Å². The molecule has 1 atom stereocenters. The molecule has 0 radical (unpaired) electrons. The highest BCUT2D eigenvalue weighted by Gasteiger charge is 2.08. The Bertz CT molecular complexity index is 503. The molecule has 92 valence electrons. The molecule has 2 rings (SSSR count). The molecule has 2 heterocycles. The van der Waals surface area contributed by atoms with Crippen molar-refractivity contribution in [3.05, 3.63) is 23.9 Å². The number of fused-ring (bicyclic) bond motifs is 1. The Labute approximate surface area is 101 Å². The average Bonchev–Trinajstić information content (AvgIpc) is 2.60. The van der Waals surface area contributed by atoms with Gasteiger partial charge in [0.2, 0.25) is 5.95 Å². The van der Waals surface area contributed by atoms with Crippen LogP contribution in [0.1, 0.15) is 12.5 Å². The van der Waals surface area contributed by atoms with Gasteiger partial charge in [0.05, 0.1) is 0 Å². The van der Waals surface area contributed by atoms with E-state index in [1.807, 2.05) is 25.3 Å². The Balaban J connectivity index is 2.17. The molecule has 0 aromatic carbocycles. The lowest BCUT2D eigenvalue weighted by Gasteiger charge is -2.16. The molecule has 0 fully saturated rings. The molecule has 0 aliphatic carbocycles. The van der Waals surface area contributed by atoms with Gasteiger partial charge in [0.15, 0.2) is 5.65 Å². The predicted molar refractivity (Wildman–Crippen MR) is 69.4 cm³/mol. The van der Waals surface area contributed by atoms with Crippen molar-refractivity contribution in [1.82, 2.24) is 19.5 Å². The summed E-state index contributed by atoms with van der Waals surface area (Å²) in [4.78, 5) is 6.62.